The maximum absolute atomic E-state index is 12.0. The van der Waals surface area contributed by atoms with Crippen molar-refractivity contribution in [2.24, 2.45) is 0 Å². The van der Waals surface area contributed by atoms with Crippen LogP contribution in [0.2, 0.25) is 0 Å². The highest BCUT2D eigenvalue weighted by atomic mass is 32.2. The van der Waals surface area contributed by atoms with Crippen molar-refractivity contribution in [3.05, 3.63) is 11.0 Å². The lowest BCUT2D eigenvalue weighted by Crippen LogP contribution is -2.37. The van der Waals surface area contributed by atoms with Crippen molar-refractivity contribution in [1.29, 1.82) is 0 Å². The number of hydrogen-bond donors (Lipinski definition) is 5. The molecule has 0 aliphatic carbocycles. The summed E-state index contributed by atoms with van der Waals surface area (Å²) in [7, 11) is 1.39. The van der Waals surface area contributed by atoms with E-state index in [1.807, 2.05) is 6.92 Å². The Kier molecular flexibility index (Phi) is 22.0. The van der Waals surface area contributed by atoms with Crippen molar-refractivity contribution in [2.45, 2.75) is 45.0 Å². The first-order valence-electron chi connectivity index (χ1n) is 14.9. The van der Waals surface area contributed by atoms with Crippen LogP contribution >= 0.6 is 11.8 Å². The molecule has 1 aliphatic heterocycles. The SMILES string of the molecule is CCC(CO)OC(COC(=O)NCCC(=O)NCCNC(=O)CCOCCOCCNC(=O)CCN1C(=O)C=C(SC)C1=O)OC. The van der Waals surface area contributed by atoms with Crippen molar-refractivity contribution in [3.63, 3.8) is 0 Å². The lowest BCUT2D eigenvalue weighted by Gasteiger charge is -2.21. The molecule has 0 spiro atoms. The molecule has 46 heavy (non-hydrogen) atoms. The molecular weight excluding hydrogens is 630 g/mol. The van der Waals surface area contributed by atoms with Crippen LogP contribution in [0.25, 0.3) is 0 Å². The van der Waals surface area contributed by atoms with E-state index in [1.165, 1.54) is 24.9 Å². The number of alkyl carbamates (subject to hydrolysis) is 1. The molecule has 0 saturated carbocycles. The van der Waals surface area contributed by atoms with E-state index in [0.717, 1.165) is 4.90 Å². The molecule has 0 radical (unpaired) electrons. The van der Waals surface area contributed by atoms with E-state index in [0.29, 0.717) is 11.3 Å². The summed E-state index contributed by atoms with van der Waals surface area (Å²) in [5.74, 6) is -1.67. The van der Waals surface area contributed by atoms with Gasteiger partial charge in [0.1, 0.15) is 6.61 Å². The number of carbonyl (C=O) groups excluding carboxylic acids is 6. The van der Waals surface area contributed by atoms with Crippen LogP contribution < -0.4 is 21.3 Å². The minimum atomic E-state index is -0.825. The molecule has 1 heterocycles. The number of ether oxygens (including phenoxy) is 5. The molecule has 0 saturated heterocycles. The Hall–Kier alpha value is -3.29. The molecule has 5 N–H and O–H groups in total. The summed E-state index contributed by atoms with van der Waals surface area (Å²) in [6, 6.07) is 0. The number of amides is 6. The Morgan fingerprint density at radius 2 is 1.50 bits per heavy atom. The summed E-state index contributed by atoms with van der Waals surface area (Å²) >= 11 is 1.19. The lowest BCUT2D eigenvalue weighted by atomic mass is 10.3. The molecule has 0 aromatic carbocycles. The Balaban J connectivity index is 1.94. The van der Waals surface area contributed by atoms with Gasteiger partial charge in [-0.25, -0.2) is 4.79 Å². The molecule has 6 amide bonds. The minimum Gasteiger partial charge on any atom is -0.444 e. The van der Waals surface area contributed by atoms with Gasteiger partial charge in [0.15, 0.2) is 6.29 Å². The van der Waals surface area contributed by atoms with E-state index in [4.69, 9.17) is 28.8 Å². The topological polar surface area (TPSA) is 220 Å². The number of aliphatic hydroxyl groups is 1. The van der Waals surface area contributed by atoms with Gasteiger partial charge < -0.3 is 50.1 Å². The first kappa shape index (κ1) is 40.7. The second-order valence-electron chi connectivity index (χ2n) is 9.57. The van der Waals surface area contributed by atoms with Gasteiger partial charge in [-0.1, -0.05) is 6.92 Å². The molecule has 18 heteroatoms. The van der Waals surface area contributed by atoms with Gasteiger partial charge in [0, 0.05) is 65.2 Å². The van der Waals surface area contributed by atoms with E-state index in [-0.39, 0.29) is 115 Å². The number of nitrogens with zero attached hydrogens (tertiary/aromatic N) is 1. The average Bonchev–Trinajstić information content (AvgIpc) is 3.32. The predicted molar refractivity (Wildman–Crippen MR) is 165 cm³/mol. The van der Waals surface area contributed by atoms with Crippen LogP contribution in [0, 0.1) is 0 Å². The number of carbonyl (C=O) groups is 6. The average molecular weight is 678 g/mol. The van der Waals surface area contributed by atoms with Gasteiger partial charge >= 0.3 is 6.09 Å². The molecule has 0 aromatic rings. The van der Waals surface area contributed by atoms with E-state index in [2.05, 4.69) is 21.3 Å². The number of hydrogen-bond acceptors (Lipinski definition) is 13. The van der Waals surface area contributed by atoms with Crippen LogP contribution in [0.4, 0.5) is 4.79 Å². The summed E-state index contributed by atoms with van der Waals surface area (Å²) in [5, 5.41) is 19.5. The number of thioether (sulfide) groups is 1. The minimum absolute atomic E-state index is 0.000913. The second kappa shape index (κ2) is 24.9. The summed E-state index contributed by atoms with van der Waals surface area (Å²) in [6.07, 6.45) is 1.68. The van der Waals surface area contributed by atoms with E-state index in [1.54, 1.807) is 6.26 Å². The number of aliphatic hydroxyl groups excluding tert-OH is 1. The summed E-state index contributed by atoms with van der Waals surface area (Å²) in [4.78, 5) is 72.7. The summed E-state index contributed by atoms with van der Waals surface area (Å²) < 4.78 is 26.2. The van der Waals surface area contributed by atoms with Gasteiger partial charge in [-0.2, -0.15) is 0 Å². The Bertz CT molecular complexity index is 1010. The molecule has 2 atom stereocenters. The van der Waals surface area contributed by atoms with Crippen molar-refractivity contribution < 1.29 is 57.6 Å². The third-order valence-corrected chi connectivity index (χ3v) is 6.91. The van der Waals surface area contributed by atoms with Crippen molar-refractivity contribution in [1.82, 2.24) is 26.2 Å². The highest BCUT2D eigenvalue weighted by Crippen LogP contribution is 2.21. The quantitative estimate of drug-likeness (QED) is 0.0406. The van der Waals surface area contributed by atoms with Crippen molar-refractivity contribution >= 4 is 47.4 Å². The monoisotopic (exact) mass is 677 g/mol. The fraction of sp³-hybridized carbons (Fsp3) is 0.714. The standard InChI is InChI=1S/C28H47N5O12S/c1-4-20(18-34)45-26(41-2)19-44-28(40)32-8-5-22(35)29-9-10-30-24(37)7-13-42-15-16-43-14-11-31-23(36)6-12-33-25(38)17-21(46-3)27(33)39/h17,20,26,34H,4-16,18-19H2,1-3H3,(H,29,35)(H,30,37)(H,31,36)(H,32,40). The lowest BCUT2D eigenvalue weighted by molar-refractivity contribution is -0.181. The zero-order chi connectivity index (χ0) is 34.2. The third-order valence-electron chi connectivity index (χ3n) is 6.18. The van der Waals surface area contributed by atoms with Gasteiger partial charge in [0.2, 0.25) is 17.7 Å². The summed E-state index contributed by atoms with van der Waals surface area (Å²) in [5.41, 5.74) is 0. The summed E-state index contributed by atoms with van der Waals surface area (Å²) in [6.45, 7) is 3.17. The van der Waals surface area contributed by atoms with Crippen LogP contribution in [0.5, 0.6) is 0 Å². The van der Waals surface area contributed by atoms with Gasteiger partial charge in [-0.15, -0.1) is 11.8 Å². The Morgan fingerprint density at radius 3 is 2.11 bits per heavy atom. The number of rotatable bonds is 26. The van der Waals surface area contributed by atoms with Gasteiger partial charge in [-0.05, 0) is 12.7 Å². The van der Waals surface area contributed by atoms with Crippen LogP contribution in [0.1, 0.15) is 32.6 Å². The molecule has 2 unspecified atom stereocenters. The number of methoxy groups -OCH3 is 1. The molecular formula is C28H47N5O12S. The van der Waals surface area contributed by atoms with Crippen LogP contribution in [0.3, 0.4) is 0 Å². The number of nitrogens with one attached hydrogen (secondary N) is 4. The molecule has 0 bridgehead atoms. The molecule has 0 aromatic heterocycles. The number of imide groups is 1. The maximum atomic E-state index is 12.0. The molecule has 1 rings (SSSR count). The zero-order valence-electron chi connectivity index (χ0n) is 26.6. The van der Waals surface area contributed by atoms with Crippen LogP contribution in [0.15, 0.2) is 11.0 Å². The first-order chi connectivity index (χ1) is 22.1. The van der Waals surface area contributed by atoms with E-state index in [9.17, 15) is 28.8 Å². The molecule has 1 aliphatic rings. The predicted octanol–water partition coefficient (Wildman–Crippen LogP) is -1.36. The molecule has 262 valence electrons. The molecule has 0 fully saturated rings. The fourth-order valence-electron chi connectivity index (χ4n) is 3.59. The zero-order valence-corrected chi connectivity index (χ0v) is 27.4. The Labute approximate surface area is 272 Å². The van der Waals surface area contributed by atoms with Gasteiger partial charge in [0.05, 0.1) is 44.0 Å². The largest absolute Gasteiger partial charge is 0.444 e. The first-order valence-corrected chi connectivity index (χ1v) is 16.1. The normalized spacial score (nSPS) is 14.0. The third kappa shape index (κ3) is 18.0. The van der Waals surface area contributed by atoms with Crippen LogP contribution in [-0.4, -0.2) is 144 Å². The van der Waals surface area contributed by atoms with Crippen LogP contribution in [-0.2, 0) is 47.7 Å². The highest BCUT2D eigenvalue weighted by molar-refractivity contribution is 8.03. The second-order valence-corrected chi connectivity index (χ2v) is 10.4. The van der Waals surface area contributed by atoms with Gasteiger partial charge in [-0.3, -0.25) is 28.9 Å². The maximum Gasteiger partial charge on any atom is 0.407 e. The highest BCUT2D eigenvalue weighted by Gasteiger charge is 2.30. The fourth-order valence-corrected chi connectivity index (χ4v) is 4.10. The van der Waals surface area contributed by atoms with Gasteiger partial charge in [0.25, 0.3) is 11.8 Å². The van der Waals surface area contributed by atoms with E-state index < -0.39 is 24.4 Å². The molecule has 17 nitrogen and oxygen atoms in total. The Morgan fingerprint density at radius 1 is 0.870 bits per heavy atom. The smallest absolute Gasteiger partial charge is 0.407 e. The van der Waals surface area contributed by atoms with E-state index >= 15 is 0 Å². The van der Waals surface area contributed by atoms with Crippen molar-refractivity contribution in [3.8, 4) is 0 Å². The van der Waals surface area contributed by atoms with Crippen molar-refractivity contribution in [2.75, 3.05) is 85.7 Å².